The molecule has 1 aliphatic heterocycles. The highest BCUT2D eigenvalue weighted by Crippen LogP contribution is 2.08. The molecule has 0 spiro atoms. The summed E-state index contributed by atoms with van der Waals surface area (Å²) in [6.07, 6.45) is 1.69. The molecule has 16 heavy (non-hydrogen) atoms. The zero-order chi connectivity index (χ0) is 11.4. The van der Waals surface area contributed by atoms with Crippen molar-refractivity contribution in [1.29, 1.82) is 0 Å². The molecule has 0 radical (unpaired) electrons. The number of rotatable bonds is 3. The lowest BCUT2D eigenvalue weighted by molar-refractivity contribution is -0.117. The number of piperazine rings is 1. The van der Waals surface area contributed by atoms with Crippen LogP contribution in [0, 0.1) is 6.92 Å². The fourth-order valence-electron chi connectivity index (χ4n) is 1.72. The maximum Gasteiger partial charge on any atom is 0.239 e. The summed E-state index contributed by atoms with van der Waals surface area (Å²) in [4.78, 5) is 13.8. The number of aryl methyl sites for hydroxylation is 1. The predicted octanol–water partition coefficient (Wildman–Crippen LogP) is -0.438. The Bertz CT molecular complexity index is 356. The van der Waals surface area contributed by atoms with Gasteiger partial charge in [-0.1, -0.05) is 0 Å². The first-order chi connectivity index (χ1) is 7.75. The molecule has 88 valence electrons. The van der Waals surface area contributed by atoms with Crippen molar-refractivity contribution in [3.8, 4) is 0 Å². The van der Waals surface area contributed by atoms with Crippen molar-refractivity contribution in [3.63, 3.8) is 0 Å². The molecule has 0 bridgehead atoms. The van der Waals surface area contributed by atoms with Crippen LogP contribution in [0.3, 0.4) is 0 Å². The van der Waals surface area contributed by atoms with Gasteiger partial charge in [-0.25, -0.2) is 0 Å². The molecule has 0 aromatic carbocycles. The van der Waals surface area contributed by atoms with Gasteiger partial charge in [-0.05, 0) is 6.92 Å². The van der Waals surface area contributed by atoms with E-state index in [0.717, 1.165) is 31.7 Å². The molecule has 2 heterocycles. The topological polar surface area (TPSA) is 73.0 Å². The largest absolute Gasteiger partial charge is 0.314 e. The number of hydrogen-bond donors (Lipinski definition) is 3. The van der Waals surface area contributed by atoms with Crippen LogP contribution in [0.15, 0.2) is 6.20 Å². The Morgan fingerprint density at radius 2 is 2.31 bits per heavy atom. The van der Waals surface area contributed by atoms with Crippen molar-refractivity contribution in [3.05, 3.63) is 11.8 Å². The first kappa shape index (κ1) is 11.1. The normalized spacial score (nSPS) is 17.3. The Kier molecular flexibility index (Phi) is 3.53. The van der Waals surface area contributed by atoms with Crippen molar-refractivity contribution >= 4 is 11.7 Å². The Morgan fingerprint density at radius 3 is 2.94 bits per heavy atom. The fraction of sp³-hybridized carbons (Fsp3) is 0.600. The van der Waals surface area contributed by atoms with Gasteiger partial charge in [0.25, 0.3) is 0 Å². The van der Waals surface area contributed by atoms with Crippen LogP contribution < -0.4 is 10.6 Å². The molecule has 1 aromatic rings. The van der Waals surface area contributed by atoms with E-state index in [1.54, 1.807) is 6.20 Å². The summed E-state index contributed by atoms with van der Waals surface area (Å²) in [5.41, 5.74) is 0.952. The van der Waals surface area contributed by atoms with E-state index >= 15 is 0 Å². The molecule has 0 unspecified atom stereocenters. The van der Waals surface area contributed by atoms with Crippen LogP contribution in [0.4, 0.5) is 5.82 Å². The minimum atomic E-state index is 0.00856. The summed E-state index contributed by atoms with van der Waals surface area (Å²) < 4.78 is 0. The Morgan fingerprint density at radius 1 is 1.56 bits per heavy atom. The number of nitrogens with one attached hydrogen (secondary N) is 3. The van der Waals surface area contributed by atoms with Gasteiger partial charge < -0.3 is 10.6 Å². The van der Waals surface area contributed by atoms with Gasteiger partial charge in [0.15, 0.2) is 0 Å². The molecule has 2 rings (SSSR count). The Labute approximate surface area is 94.4 Å². The molecule has 0 atom stereocenters. The lowest BCUT2D eigenvalue weighted by atomic mass is 10.3. The average molecular weight is 223 g/mol. The van der Waals surface area contributed by atoms with Gasteiger partial charge in [0.1, 0.15) is 5.82 Å². The minimum absolute atomic E-state index is 0.00856. The molecule has 6 heteroatoms. The van der Waals surface area contributed by atoms with Crippen LogP contribution >= 0.6 is 0 Å². The molecule has 6 nitrogen and oxygen atoms in total. The number of hydrogen-bond acceptors (Lipinski definition) is 4. The summed E-state index contributed by atoms with van der Waals surface area (Å²) in [5.74, 6) is 0.703. The third-order valence-electron chi connectivity index (χ3n) is 2.67. The van der Waals surface area contributed by atoms with Crippen LogP contribution in [-0.4, -0.2) is 53.7 Å². The molecule has 3 N–H and O–H groups in total. The predicted molar refractivity (Wildman–Crippen MR) is 61.3 cm³/mol. The molecule has 1 aromatic heterocycles. The van der Waals surface area contributed by atoms with Crippen molar-refractivity contribution in [2.45, 2.75) is 6.92 Å². The maximum absolute atomic E-state index is 11.7. The monoisotopic (exact) mass is 223 g/mol. The van der Waals surface area contributed by atoms with Crippen LogP contribution in [0.1, 0.15) is 5.56 Å². The number of carbonyl (C=O) groups is 1. The molecular weight excluding hydrogens is 206 g/mol. The van der Waals surface area contributed by atoms with Crippen molar-refractivity contribution in [2.24, 2.45) is 0 Å². The second-order valence-corrected chi connectivity index (χ2v) is 4.00. The van der Waals surface area contributed by atoms with E-state index in [0.29, 0.717) is 12.4 Å². The van der Waals surface area contributed by atoms with Crippen LogP contribution in [0.5, 0.6) is 0 Å². The summed E-state index contributed by atoms with van der Waals surface area (Å²) in [6.45, 7) is 6.11. The van der Waals surface area contributed by atoms with Crippen molar-refractivity contribution in [2.75, 3.05) is 38.0 Å². The van der Waals surface area contributed by atoms with Gasteiger partial charge in [-0.3, -0.25) is 14.8 Å². The first-order valence-corrected chi connectivity index (χ1v) is 5.48. The van der Waals surface area contributed by atoms with Crippen molar-refractivity contribution < 1.29 is 4.79 Å². The second kappa shape index (κ2) is 5.09. The number of amides is 1. The first-order valence-electron chi connectivity index (χ1n) is 5.48. The molecule has 1 fully saturated rings. The van der Waals surface area contributed by atoms with Crippen LogP contribution in [-0.2, 0) is 4.79 Å². The number of aromatic amines is 1. The number of aromatic nitrogens is 2. The molecule has 1 aliphatic rings. The van der Waals surface area contributed by atoms with Crippen LogP contribution in [0.25, 0.3) is 0 Å². The smallest absolute Gasteiger partial charge is 0.239 e. The summed E-state index contributed by atoms with van der Waals surface area (Å²) in [7, 11) is 0. The van der Waals surface area contributed by atoms with E-state index in [2.05, 4.69) is 25.7 Å². The highest BCUT2D eigenvalue weighted by atomic mass is 16.2. The third-order valence-corrected chi connectivity index (χ3v) is 2.67. The number of anilines is 1. The zero-order valence-electron chi connectivity index (χ0n) is 9.42. The summed E-state index contributed by atoms with van der Waals surface area (Å²) >= 11 is 0. The average Bonchev–Trinajstić information content (AvgIpc) is 2.66. The Balaban J connectivity index is 1.82. The number of carbonyl (C=O) groups excluding carboxylic acids is 1. The van der Waals surface area contributed by atoms with E-state index in [1.807, 2.05) is 6.92 Å². The van der Waals surface area contributed by atoms with E-state index in [9.17, 15) is 4.79 Å². The zero-order valence-corrected chi connectivity index (χ0v) is 9.42. The van der Waals surface area contributed by atoms with Gasteiger partial charge in [-0.15, -0.1) is 0 Å². The molecular formula is C10H17N5O. The maximum atomic E-state index is 11.7. The third kappa shape index (κ3) is 2.80. The van der Waals surface area contributed by atoms with Gasteiger partial charge in [0, 0.05) is 31.7 Å². The van der Waals surface area contributed by atoms with Gasteiger partial charge >= 0.3 is 0 Å². The van der Waals surface area contributed by atoms with Crippen LogP contribution in [0.2, 0.25) is 0 Å². The van der Waals surface area contributed by atoms with Gasteiger partial charge in [0.2, 0.25) is 5.91 Å². The SMILES string of the molecule is Cc1cn[nH]c1NC(=O)CN1CCNCC1. The standard InChI is InChI=1S/C10H17N5O/c1-8-6-12-14-10(8)13-9(16)7-15-4-2-11-3-5-15/h6,11H,2-5,7H2,1H3,(H2,12,13,14,16). The molecule has 0 saturated carbocycles. The fourth-order valence-corrected chi connectivity index (χ4v) is 1.72. The highest BCUT2D eigenvalue weighted by molar-refractivity contribution is 5.91. The van der Waals surface area contributed by atoms with Gasteiger partial charge in [0.05, 0.1) is 12.7 Å². The van der Waals surface area contributed by atoms with Gasteiger partial charge in [-0.2, -0.15) is 5.10 Å². The number of nitrogens with zero attached hydrogens (tertiary/aromatic N) is 2. The molecule has 1 saturated heterocycles. The molecule has 0 aliphatic carbocycles. The minimum Gasteiger partial charge on any atom is -0.314 e. The molecule has 1 amide bonds. The summed E-state index contributed by atoms with van der Waals surface area (Å²) in [6, 6.07) is 0. The van der Waals surface area contributed by atoms with Crippen molar-refractivity contribution in [1.82, 2.24) is 20.4 Å². The lowest BCUT2D eigenvalue weighted by Gasteiger charge is -2.26. The highest BCUT2D eigenvalue weighted by Gasteiger charge is 2.14. The lowest BCUT2D eigenvalue weighted by Crippen LogP contribution is -2.46. The second-order valence-electron chi connectivity index (χ2n) is 4.00. The van der Waals surface area contributed by atoms with E-state index in [-0.39, 0.29) is 5.91 Å². The van der Waals surface area contributed by atoms with E-state index < -0.39 is 0 Å². The quantitative estimate of drug-likeness (QED) is 0.649. The van der Waals surface area contributed by atoms with E-state index in [1.165, 1.54) is 0 Å². The van der Waals surface area contributed by atoms with E-state index in [4.69, 9.17) is 0 Å². The Hall–Kier alpha value is -1.40. The number of H-pyrrole nitrogens is 1. The summed E-state index contributed by atoms with van der Waals surface area (Å²) in [5, 5.41) is 12.7.